The van der Waals surface area contributed by atoms with E-state index in [1.807, 2.05) is 11.8 Å². The molecule has 4 heteroatoms. The van der Waals surface area contributed by atoms with Crippen LogP contribution in [0.25, 0.3) is 0 Å². The number of hydrogen-bond acceptors (Lipinski definition) is 3. The third-order valence-electron chi connectivity index (χ3n) is 3.22. The summed E-state index contributed by atoms with van der Waals surface area (Å²) in [5.74, 6) is 1.21. The monoisotopic (exact) mass is 242 g/mol. The Morgan fingerprint density at radius 3 is 2.88 bits per heavy atom. The van der Waals surface area contributed by atoms with Crippen LogP contribution in [0.15, 0.2) is 4.99 Å². The Morgan fingerprint density at radius 1 is 1.44 bits per heavy atom. The zero-order chi connectivity index (χ0) is 11.4. The van der Waals surface area contributed by atoms with Crippen LogP contribution in [-0.2, 0) is 4.74 Å². The highest BCUT2D eigenvalue weighted by Gasteiger charge is 2.39. The van der Waals surface area contributed by atoms with Crippen LogP contribution >= 0.6 is 11.8 Å². The summed E-state index contributed by atoms with van der Waals surface area (Å²) in [6.07, 6.45) is 5.70. The van der Waals surface area contributed by atoms with Crippen LogP contribution in [0.1, 0.15) is 39.5 Å². The van der Waals surface area contributed by atoms with Crippen molar-refractivity contribution in [1.29, 1.82) is 0 Å². The van der Waals surface area contributed by atoms with Crippen molar-refractivity contribution >= 4 is 16.9 Å². The fourth-order valence-electron chi connectivity index (χ4n) is 2.35. The summed E-state index contributed by atoms with van der Waals surface area (Å²) in [7, 11) is 0. The highest BCUT2D eigenvalue weighted by atomic mass is 32.2. The van der Waals surface area contributed by atoms with Crippen molar-refractivity contribution in [2.45, 2.75) is 51.2 Å². The fraction of sp³-hybridized carbons (Fsp3) is 0.917. The lowest BCUT2D eigenvalue weighted by Gasteiger charge is -2.21. The molecule has 1 saturated carbocycles. The van der Waals surface area contributed by atoms with Crippen LogP contribution in [-0.4, -0.2) is 35.7 Å². The first-order chi connectivity index (χ1) is 7.70. The average Bonchev–Trinajstić information content (AvgIpc) is 2.85. The van der Waals surface area contributed by atoms with Gasteiger partial charge in [-0.15, -0.1) is 0 Å². The second kappa shape index (κ2) is 5.41. The van der Waals surface area contributed by atoms with E-state index in [-0.39, 0.29) is 0 Å². The zero-order valence-corrected chi connectivity index (χ0v) is 11.1. The van der Waals surface area contributed by atoms with Gasteiger partial charge >= 0.3 is 0 Å². The SMILES string of the molecule is CC(C)OCCN=C1NC2(CCCC2)CS1. The standard InChI is InChI=1S/C12H22N2OS/c1-10(2)15-8-7-13-11-14-12(9-16-11)5-3-4-6-12/h10H,3-9H2,1-2H3,(H,13,14). The molecule has 2 fully saturated rings. The molecule has 0 radical (unpaired) electrons. The van der Waals surface area contributed by atoms with E-state index < -0.39 is 0 Å². The Hall–Kier alpha value is -0.220. The molecule has 0 bridgehead atoms. The van der Waals surface area contributed by atoms with E-state index in [0.717, 1.165) is 18.3 Å². The molecule has 0 aromatic carbocycles. The molecule has 0 atom stereocenters. The van der Waals surface area contributed by atoms with Crippen LogP contribution in [0, 0.1) is 0 Å². The predicted octanol–water partition coefficient (Wildman–Crippen LogP) is 2.42. The highest BCUT2D eigenvalue weighted by Crippen LogP contribution is 2.37. The maximum absolute atomic E-state index is 5.47. The van der Waals surface area contributed by atoms with Gasteiger partial charge in [-0.05, 0) is 26.7 Å². The molecule has 1 aliphatic heterocycles. The van der Waals surface area contributed by atoms with Crippen molar-refractivity contribution in [3.05, 3.63) is 0 Å². The number of ether oxygens (including phenoxy) is 1. The van der Waals surface area contributed by atoms with Crippen molar-refractivity contribution < 1.29 is 4.74 Å². The molecular formula is C12H22N2OS. The minimum Gasteiger partial charge on any atom is -0.377 e. The lowest BCUT2D eigenvalue weighted by molar-refractivity contribution is 0.0853. The molecule has 0 amide bonds. The Labute approximate surface area is 102 Å². The van der Waals surface area contributed by atoms with Gasteiger partial charge in [-0.3, -0.25) is 4.99 Å². The van der Waals surface area contributed by atoms with Crippen LogP contribution in [0.2, 0.25) is 0 Å². The Bertz CT molecular complexity index is 260. The molecule has 3 nitrogen and oxygen atoms in total. The summed E-state index contributed by atoms with van der Waals surface area (Å²) in [6, 6.07) is 0. The molecule has 1 heterocycles. The molecule has 2 rings (SSSR count). The van der Waals surface area contributed by atoms with Crippen molar-refractivity contribution in [2.75, 3.05) is 18.9 Å². The Morgan fingerprint density at radius 2 is 2.19 bits per heavy atom. The van der Waals surface area contributed by atoms with Crippen molar-refractivity contribution in [3.63, 3.8) is 0 Å². The third kappa shape index (κ3) is 3.14. The molecule has 2 aliphatic rings. The summed E-state index contributed by atoms with van der Waals surface area (Å²) in [5.41, 5.74) is 0.391. The van der Waals surface area contributed by atoms with Crippen LogP contribution in [0.3, 0.4) is 0 Å². The Balaban J connectivity index is 1.73. The number of hydrogen-bond donors (Lipinski definition) is 1. The molecule has 0 unspecified atom stereocenters. The minimum atomic E-state index is 0.311. The predicted molar refractivity (Wildman–Crippen MR) is 70.2 cm³/mol. The number of thioether (sulfide) groups is 1. The largest absolute Gasteiger partial charge is 0.377 e. The van der Waals surface area contributed by atoms with E-state index in [0.29, 0.717) is 11.6 Å². The zero-order valence-electron chi connectivity index (χ0n) is 10.3. The van der Waals surface area contributed by atoms with Gasteiger partial charge in [0.05, 0.1) is 19.3 Å². The summed E-state index contributed by atoms with van der Waals surface area (Å²) >= 11 is 1.88. The Kier molecular flexibility index (Phi) is 4.14. The first-order valence-electron chi connectivity index (χ1n) is 6.27. The quantitative estimate of drug-likeness (QED) is 0.769. The van der Waals surface area contributed by atoms with Crippen molar-refractivity contribution in [2.24, 2.45) is 4.99 Å². The van der Waals surface area contributed by atoms with Crippen molar-refractivity contribution in [1.82, 2.24) is 5.32 Å². The molecule has 16 heavy (non-hydrogen) atoms. The van der Waals surface area contributed by atoms with Gasteiger partial charge in [0.1, 0.15) is 0 Å². The third-order valence-corrected chi connectivity index (χ3v) is 4.42. The van der Waals surface area contributed by atoms with E-state index in [1.165, 1.54) is 31.4 Å². The van der Waals surface area contributed by atoms with E-state index >= 15 is 0 Å². The first kappa shape index (κ1) is 12.2. The molecule has 0 aromatic heterocycles. The second-order valence-corrected chi connectivity index (χ2v) is 5.97. The maximum atomic E-state index is 5.47. The number of rotatable bonds is 4. The smallest absolute Gasteiger partial charge is 0.157 e. The number of aliphatic imine (C=N–C) groups is 1. The fourth-order valence-corrected chi connectivity index (χ4v) is 3.59. The minimum absolute atomic E-state index is 0.311. The molecular weight excluding hydrogens is 220 g/mol. The maximum Gasteiger partial charge on any atom is 0.157 e. The van der Waals surface area contributed by atoms with Gasteiger partial charge in [0, 0.05) is 11.3 Å². The van der Waals surface area contributed by atoms with Crippen LogP contribution < -0.4 is 5.32 Å². The molecule has 1 N–H and O–H groups in total. The number of nitrogens with one attached hydrogen (secondary N) is 1. The summed E-state index contributed by atoms with van der Waals surface area (Å²) < 4.78 is 5.47. The molecule has 1 spiro atoms. The van der Waals surface area contributed by atoms with Crippen molar-refractivity contribution in [3.8, 4) is 0 Å². The first-order valence-corrected chi connectivity index (χ1v) is 7.26. The summed E-state index contributed by atoms with van der Waals surface area (Å²) in [5, 5.41) is 4.75. The van der Waals surface area contributed by atoms with Gasteiger partial charge < -0.3 is 10.1 Å². The molecule has 0 aromatic rings. The van der Waals surface area contributed by atoms with Gasteiger partial charge in [0.25, 0.3) is 0 Å². The van der Waals surface area contributed by atoms with Gasteiger partial charge in [-0.1, -0.05) is 24.6 Å². The summed E-state index contributed by atoms with van der Waals surface area (Å²) in [4.78, 5) is 4.56. The number of nitrogens with zero attached hydrogens (tertiary/aromatic N) is 1. The lowest BCUT2D eigenvalue weighted by Crippen LogP contribution is -2.40. The number of amidine groups is 1. The molecule has 92 valence electrons. The average molecular weight is 242 g/mol. The lowest BCUT2D eigenvalue weighted by atomic mass is 10.0. The van der Waals surface area contributed by atoms with Crippen LogP contribution in [0.5, 0.6) is 0 Å². The van der Waals surface area contributed by atoms with E-state index in [1.54, 1.807) is 0 Å². The van der Waals surface area contributed by atoms with Crippen LogP contribution in [0.4, 0.5) is 0 Å². The van der Waals surface area contributed by atoms with E-state index in [9.17, 15) is 0 Å². The summed E-state index contributed by atoms with van der Waals surface area (Å²) in [6.45, 7) is 5.63. The molecule has 1 aliphatic carbocycles. The normalized spacial score (nSPS) is 25.8. The van der Waals surface area contributed by atoms with Gasteiger partial charge in [0.2, 0.25) is 0 Å². The van der Waals surface area contributed by atoms with Gasteiger partial charge in [-0.2, -0.15) is 0 Å². The topological polar surface area (TPSA) is 33.6 Å². The van der Waals surface area contributed by atoms with Gasteiger partial charge in [-0.25, -0.2) is 0 Å². The highest BCUT2D eigenvalue weighted by molar-refractivity contribution is 8.14. The van der Waals surface area contributed by atoms with E-state index in [4.69, 9.17) is 4.74 Å². The second-order valence-electron chi connectivity index (χ2n) is 5.01. The van der Waals surface area contributed by atoms with E-state index in [2.05, 4.69) is 24.2 Å². The van der Waals surface area contributed by atoms with Gasteiger partial charge in [0.15, 0.2) is 5.17 Å². The molecule has 1 saturated heterocycles.